The molecule has 0 atom stereocenters. The van der Waals surface area contributed by atoms with Gasteiger partial charge in [-0.25, -0.2) is 19.0 Å². The number of anilines is 1. The molecule has 0 fully saturated rings. The summed E-state index contributed by atoms with van der Waals surface area (Å²) in [6.45, 7) is 1.97. The Kier molecular flexibility index (Phi) is 4.85. The van der Waals surface area contributed by atoms with Gasteiger partial charge in [-0.3, -0.25) is 4.79 Å². The van der Waals surface area contributed by atoms with Gasteiger partial charge in [0.15, 0.2) is 5.69 Å². The molecule has 0 radical (unpaired) electrons. The van der Waals surface area contributed by atoms with Crippen LogP contribution in [0.25, 0.3) is 5.69 Å². The van der Waals surface area contributed by atoms with Crippen molar-refractivity contribution in [2.75, 3.05) is 11.1 Å². The highest BCUT2D eigenvalue weighted by Crippen LogP contribution is 2.20. The van der Waals surface area contributed by atoms with Crippen LogP contribution in [-0.4, -0.2) is 31.4 Å². The summed E-state index contributed by atoms with van der Waals surface area (Å²) >= 11 is 1.44. The molecule has 122 valence electrons. The van der Waals surface area contributed by atoms with Crippen molar-refractivity contribution in [3.05, 3.63) is 60.4 Å². The fourth-order valence-electron chi connectivity index (χ4n) is 2.11. The first kappa shape index (κ1) is 16.1. The maximum Gasteiger partial charge on any atom is 0.278 e. The van der Waals surface area contributed by atoms with Crippen LogP contribution < -0.4 is 5.32 Å². The quantitative estimate of drug-likeness (QED) is 0.721. The van der Waals surface area contributed by atoms with Crippen LogP contribution in [0.3, 0.4) is 0 Å². The van der Waals surface area contributed by atoms with Crippen LogP contribution in [0.5, 0.6) is 0 Å². The molecule has 0 aliphatic rings. The van der Waals surface area contributed by atoms with Gasteiger partial charge >= 0.3 is 0 Å². The van der Waals surface area contributed by atoms with Crippen molar-refractivity contribution in [2.45, 2.75) is 11.9 Å². The SMILES string of the molecule is CCSc1nccnc1C(=O)Nc1ccnn1-c1cccc(F)c1. The first-order valence-corrected chi connectivity index (χ1v) is 8.22. The second-order valence-corrected chi connectivity index (χ2v) is 5.96. The number of hydrogen-bond acceptors (Lipinski definition) is 5. The lowest BCUT2D eigenvalue weighted by atomic mass is 10.3. The van der Waals surface area contributed by atoms with Crippen molar-refractivity contribution in [1.29, 1.82) is 0 Å². The van der Waals surface area contributed by atoms with Crippen LogP contribution in [0.2, 0.25) is 0 Å². The molecular weight excluding hydrogens is 329 g/mol. The number of carbonyl (C=O) groups is 1. The number of halogens is 1. The van der Waals surface area contributed by atoms with Gasteiger partial charge in [0, 0.05) is 18.5 Å². The van der Waals surface area contributed by atoms with Crippen molar-refractivity contribution >= 4 is 23.5 Å². The minimum Gasteiger partial charge on any atom is -0.305 e. The molecule has 0 spiro atoms. The van der Waals surface area contributed by atoms with Crippen molar-refractivity contribution in [3.8, 4) is 5.69 Å². The zero-order chi connectivity index (χ0) is 16.9. The van der Waals surface area contributed by atoms with Crippen LogP contribution in [0.1, 0.15) is 17.4 Å². The first-order valence-electron chi connectivity index (χ1n) is 7.24. The summed E-state index contributed by atoms with van der Waals surface area (Å²) in [7, 11) is 0. The molecule has 0 aliphatic heterocycles. The topological polar surface area (TPSA) is 72.7 Å². The van der Waals surface area contributed by atoms with E-state index in [9.17, 15) is 9.18 Å². The van der Waals surface area contributed by atoms with Crippen molar-refractivity contribution < 1.29 is 9.18 Å². The number of rotatable bonds is 5. The fraction of sp³-hybridized carbons (Fsp3) is 0.125. The summed E-state index contributed by atoms with van der Waals surface area (Å²) in [5, 5.41) is 7.44. The van der Waals surface area contributed by atoms with Crippen molar-refractivity contribution in [3.63, 3.8) is 0 Å². The lowest BCUT2D eigenvalue weighted by molar-refractivity contribution is 0.101. The van der Waals surface area contributed by atoms with E-state index in [1.165, 1.54) is 41.0 Å². The average molecular weight is 343 g/mol. The van der Waals surface area contributed by atoms with Crippen LogP contribution in [0.4, 0.5) is 10.2 Å². The zero-order valence-electron chi connectivity index (χ0n) is 12.8. The molecule has 0 aliphatic carbocycles. The van der Waals surface area contributed by atoms with Gasteiger partial charge in [-0.15, -0.1) is 11.8 Å². The van der Waals surface area contributed by atoms with Crippen LogP contribution in [0.15, 0.2) is 53.9 Å². The summed E-state index contributed by atoms with van der Waals surface area (Å²) in [6, 6.07) is 7.59. The molecule has 2 aromatic heterocycles. The van der Waals surface area contributed by atoms with E-state index in [1.54, 1.807) is 24.4 Å². The summed E-state index contributed by atoms with van der Waals surface area (Å²) in [6.07, 6.45) is 4.54. The minimum atomic E-state index is -0.391. The van der Waals surface area contributed by atoms with Crippen molar-refractivity contribution in [1.82, 2.24) is 19.7 Å². The van der Waals surface area contributed by atoms with E-state index < -0.39 is 5.91 Å². The second-order valence-electron chi connectivity index (χ2n) is 4.71. The summed E-state index contributed by atoms with van der Waals surface area (Å²) < 4.78 is 14.9. The molecule has 1 amide bonds. The Labute approximate surface area is 142 Å². The number of benzene rings is 1. The maximum atomic E-state index is 13.4. The van der Waals surface area contributed by atoms with Crippen molar-refractivity contribution in [2.24, 2.45) is 0 Å². The third-order valence-electron chi connectivity index (χ3n) is 3.10. The highest BCUT2D eigenvalue weighted by molar-refractivity contribution is 7.99. The van der Waals surface area contributed by atoms with Crippen LogP contribution >= 0.6 is 11.8 Å². The lowest BCUT2D eigenvalue weighted by Gasteiger charge is -2.10. The molecule has 3 aromatic rings. The van der Waals surface area contributed by atoms with Crippen LogP contribution in [0, 0.1) is 5.82 Å². The Hall–Kier alpha value is -2.74. The van der Waals surface area contributed by atoms with E-state index in [-0.39, 0.29) is 11.5 Å². The number of nitrogens with zero attached hydrogens (tertiary/aromatic N) is 4. The van der Waals surface area contributed by atoms with Gasteiger partial charge in [0.1, 0.15) is 16.7 Å². The molecule has 2 heterocycles. The number of amides is 1. The van der Waals surface area contributed by atoms with E-state index in [2.05, 4.69) is 20.4 Å². The highest BCUT2D eigenvalue weighted by Gasteiger charge is 2.16. The zero-order valence-corrected chi connectivity index (χ0v) is 13.6. The van der Waals surface area contributed by atoms with E-state index >= 15 is 0 Å². The Morgan fingerprint density at radius 1 is 1.25 bits per heavy atom. The minimum absolute atomic E-state index is 0.247. The number of carbonyl (C=O) groups excluding carboxylic acids is 1. The average Bonchev–Trinajstić information content (AvgIpc) is 3.04. The van der Waals surface area contributed by atoms with Gasteiger partial charge in [0.2, 0.25) is 0 Å². The standard InChI is InChI=1S/C16H14FN5OS/c1-2-24-16-14(18-8-9-19-16)15(23)21-13-6-7-20-22(13)12-5-3-4-11(17)10-12/h3-10H,2H2,1H3,(H,21,23). The Morgan fingerprint density at radius 2 is 2.08 bits per heavy atom. The first-order chi connectivity index (χ1) is 11.7. The van der Waals surface area contributed by atoms with Crippen LogP contribution in [-0.2, 0) is 0 Å². The lowest BCUT2D eigenvalue weighted by Crippen LogP contribution is -2.18. The molecule has 1 aromatic carbocycles. The predicted molar refractivity (Wildman–Crippen MR) is 89.9 cm³/mol. The van der Waals surface area contributed by atoms with E-state index in [0.29, 0.717) is 16.5 Å². The molecular formula is C16H14FN5OS. The summed E-state index contributed by atoms with van der Waals surface area (Å²) in [5.74, 6) is 0.428. The van der Waals surface area contributed by atoms with Gasteiger partial charge in [-0.1, -0.05) is 13.0 Å². The number of aromatic nitrogens is 4. The van der Waals surface area contributed by atoms with E-state index in [4.69, 9.17) is 0 Å². The molecule has 8 heteroatoms. The molecule has 3 rings (SSSR count). The van der Waals surface area contributed by atoms with Gasteiger partial charge in [-0.05, 0) is 24.0 Å². The van der Waals surface area contributed by atoms with Gasteiger partial charge in [-0.2, -0.15) is 5.10 Å². The molecule has 0 saturated carbocycles. The third-order valence-corrected chi connectivity index (χ3v) is 3.96. The molecule has 0 saturated heterocycles. The number of thioether (sulfide) groups is 1. The fourth-order valence-corrected chi connectivity index (χ4v) is 2.80. The smallest absolute Gasteiger partial charge is 0.278 e. The molecule has 1 N–H and O–H groups in total. The molecule has 0 bridgehead atoms. The van der Waals surface area contributed by atoms with E-state index in [1.807, 2.05) is 6.92 Å². The summed E-state index contributed by atoms with van der Waals surface area (Å²) in [5.41, 5.74) is 0.758. The molecule has 0 unspecified atom stereocenters. The Balaban J connectivity index is 1.88. The monoisotopic (exact) mass is 343 g/mol. The van der Waals surface area contributed by atoms with E-state index in [0.717, 1.165) is 5.75 Å². The van der Waals surface area contributed by atoms with Gasteiger partial charge in [0.25, 0.3) is 5.91 Å². The van der Waals surface area contributed by atoms with Gasteiger partial charge < -0.3 is 5.32 Å². The number of hydrogen-bond donors (Lipinski definition) is 1. The Bertz CT molecular complexity index is 867. The predicted octanol–water partition coefficient (Wildman–Crippen LogP) is 3.17. The summed E-state index contributed by atoms with van der Waals surface area (Å²) in [4.78, 5) is 20.8. The molecule has 24 heavy (non-hydrogen) atoms. The normalized spacial score (nSPS) is 10.6. The highest BCUT2D eigenvalue weighted by atomic mass is 32.2. The Morgan fingerprint density at radius 3 is 2.88 bits per heavy atom. The number of nitrogens with one attached hydrogen (secondary N) is 1. The van der Waals surface area contributed by atoms with Gasteiger partial charge in [0.05, 0.1) is 11.9 Å². The third kappa shape index (κ3) is 3.43. The second kappa shape index (κ2) is 7.22. The largest absolute Gasteiger partial charge is 0.305 e. The molecule has 6 nitrogen and oxygen atoms in total. The maximum absolute atomic E-state index is 13.4.